The minimum atomic E-state index is -0.0987. The third kappa shape index (κ3) is 2.66. The van der Waals surface area contributed by atoms with Crippen LogP contribution in [-0.4, -0.2) is 44.4 Å². The van der Waals surface area contributed by atoms with Crippen LogP contribution >= 0.6 is 15.9 Å². The number of aromatic nitrogens is 5. The molecule has 1 fully saturated rings. The minimum Gasteiger partial charge on any atom is -0.366 e. The fourth-order valence-electron chi connectivity index (χ4n) is 2.21. The standard InChI is InChI=1S/C12H15BrN6O/c1-2-18-8-16-17-11(18)10-7-19(3-4-20-10)12-14-5-9(13)6-15-12/h5-6,8,10H,2-4,7H2,1H3. The highest BCUT2D eigenvalue weighted by atomic mass is 79.9. The van der Waals surface area contributed by atoms with Crippen molar-refractivity contribution in [2.24, 2.45) is 0 Å². The summed E-state index contributed by atoms with van der Waals surface area (Å²) < 4.78 is 8.68. The van der Waals surface area contributed by atoms with Gasteiger partial charge in [-0.1, -0.05) is 0 Å². The molecule has 0 aliphatic carbocycles. The Labute approximate surface area is 125 Å². The maximum absolute atomic E-state index is 5.81. The maximum atomic E-state index is 5.81. The molecular formula is C12H15BrN6O. The molecule has 7 nitrogen and oxygen atoms in total. The normalized spacial score (nSPS) is 19.3. The zero-order valence-corrected chi connectivity index (χ0v) is 12.7. The fraction of sp³-hybridized carbons (Fsp3) is 0.500. The van der Waals surface area contributed by atoms with E-state index in [0.717, 1.165) is 23.4 Å². The first-order valence-corrected chi connectivity index (χ1v) is 7.29. The predicted molar refractivity (Wildman–Crippen MR) is 76.3 cm³/mol. The van der Waals surface area contributed by atoms with Crippen molar-refractivity contribution in [2.75, 3.05) is 24.6 Å². The van der Waals surface area contributed by atoms with E-state index in [1.54, 1.807) is 18.7 Å². The van der Waals surface area contributed by atoms with Gasteiger partial charge in [-0.05, 0) is 22.9 Å². The Hall–Kier alpha value is -1.54. The molecule has 0 aromatic carbocycles. The number of anilines is 1. The monoisotopic (exact) mass is 338 g/mol. The van der Waals surface area contributed by atoms with E-state index in [0.29, 0.717) is 19.1 Å². The van der Waals surface area contributed by atoms with Crippen molar-refractivity contribution < 1.29 is 4.74 Å². The smallest absolute Gasteiger partial charge is 0.225 e. The first-order valence-electron chi connectivity index (χ1n) is 6.49. The minimum absolute atomic E-state index is 0.0987. The van der Waals surface area contributed by atoms with Gasteiger partial charge in [0.05, 0.1) is 17.6 Å². The van der Waals surface area contributed by atoms with E-state index in [2.05, 4.69) is 47.9 Å². The van der Waals surface area contributed by atoms with E-state index < -0.39 is 0 Å². The molecule has 1 unspecified atom stereocenters. The average Bonchev–Trinajstić information content (AvgIpc) is 2.96. The van der Waals surface area contributed by atoms with E-state index >= 15 is 0 Å². The van der Waals surface area contributed by atoms with Crippen LogP contribution in [0.5, 0.6) is 0 Å². The van der Waals surface area contributed by atoms with Gasteiger partial charge in [0.25, 0.3) is 0 Å². The molecule has 0 N–H and O–H groups in total. The fourth-order valence-corrected chi connectivity index (χ4v) is 2.42. The summed E-state index contributed by atoms with van der Waals surface area (Å²) in [5.41, 5.74) is 0. The van der Waals surface area contributed by atoms with E-state index in [1.165, 1.54) is 0 Å². The van der Waals surface area contributed by atoms with E-state index in [9.17, 15) is 0 Å². The Bertz CT molecular complexity index is 572. The summed E-state index contributed by atoms with van der Waals surface area (Å²) in [7, 11) is 0. The van der Waals surface area contributed by atoms with Crippen LogP contribution in [0.25, 0.3) is 0 Å². The summed E-state index contributed by atoms with van der Waals surface area (Å²) in [6.45, 7) is 4.97. The second kappa shape index (κ2) is 5.84. The summed E-state index contributed by atoms with van der Waals surface area (Å²) in [5.74, 6) is 1.57. The molecule has 20 heavy (non-hydrogen) atoms. The van der Waals surface area contributed by atoms with Gasteiger partial charge in [-0.15, -0.1) is 10.2 Å². The number of hydrogen-bond acceptors (Lipinski definition) is 6. The number of aryl methyl sites for hydroxylation is 1. The first-order chi connectivity index (χ1) is 9.78. The highest BCUT2D eigenvalue weighted by Gasteiger charge is 2.27. The molecule has 0 amide bonds. The summed E-state index contributed by atoms with van der Waals surface area (Å²) in [4.78, 5) is 10.8. The van der Waals surface area contributed by atoms with Crippen LogP contribution in [0.4, 0.5) is 5.95 Å². The number of halogens is 1. The van der Waals surface area contributed by atoms with E-state index in [4.69, 9.17) is 4.74 Å². The van der Waals surface area contributed by atoms with Gasteiger partial charge >= 0.3 is 0 Å². The second-order valence-corrected chi connectivity index (χ2v) is 5.40. The Kier molecular flexibility index (Phi) is 3.93. The number of morpholine rings is 1. The van der Waals surface area contributed by atoms with Crippen LogP contribution in [0.1, 0.15) is 18.9 Å². The molecule has 0 radical (unpaired) electrons. The van der Waals surface area contributed by atoms with Crippen molar-refractivity contribution in [3.05, 3.63) is 29.0 Å². The van der Waals surface area contributed by atoms with Crippen LogP contribution in [-0.2, 0) is 11.3 Å². The van der Waals surface area contributed by atoms with Gasteiger partial charge in [-0.2, -0.15) is 0 Å². The number of hydrogen-bond donors (Lipinski definition) is 0. The molecule has 3 heterocycles. The third-order valence-electron chi connectivity index (χ3n) is 3.23. The maximum Gasteiger partial charge on any atom is 0.225 e. The molecule has 8 heteroatoms. The van der Waals surface area contributed by atoms with Gasteiger partial charge in [0.2, 0.25) is 5.95 Å². The second-order valence-electron chi connectivity index (χ2n) is 4.48. The summed E-state index contributed by atoms with van der Waals surface area (Å²) in [5, 5.41) is 8.12. The Morgan fingerprint density at radius 3 is 2.95 bits per heavy atom. The van der Waals surface area contributed by atoms with Crippen molar-refractivity contribution in [1.29, 1.82) is 0 Å². The Balaban J connectivity index is 1.78. The van der Waals surface area contributed by atoms with Crippen LogP contribution in [0.3, 0.4) is 0 Å². The van der Waals surface area contributed by atoms with Crippen molar-refractivity contribution in [1.82, 2.24) is 24.7 Å². The number of rotatable bonds is 3. The molecule has 2 aromatic rings. The van der Waals surface area contributed by atoms with Crippen molar-refractivity contribution >= 4 is 21.9 Å². The summed E-state index contributed by atoms with van der Waals surface area (Å²) in [6.07, 6.45) is 5.13. The molecule has 1 aliphatic rings. The highest BCUT2D eigenvalue weighted by molar-refractivity contribution is 9.10. The lowest BCUT2D eigenvalue weighted by Gasteiger charge is -2.32. The molecule has 1 saturated heterocycles. The van der Waals surface area contributed by atoms with Crippen LogP contribution in [0.2, 0.25) is 0 Å². The highest BCUT2D eigenvalue weighted by Crippen LogP contribution is 2.23. The molecule has 2 aromatic heterocycles. The van der Waals surface area contributed by atoms with Crippen molar-refractivity contribution in [3.63, 3.8) is 0 Å². The van der Waals surface area contributed by atoms with E-state index in [-0.39, 0.29) is 6.10 Å². The summed E-state index contributed by atoms with van der Waals surface area (Å²) in [6, 6.07) is 0. The predicted octanol–water partition coefficient (Wildman–Crippen LogP) is 1.43. The Morgan fingerprint density at radius 1 is 1.40 bits per heavy atom. The largest absolute Gasteiger partial charge is 0.366 e. The van der Waals surface area contributed by atoms with Gasteiger partial charge in [0, 0.05) is 25.5 Å². The van der Waals surface area contributed by atoms with Crippen LogP contribution in [0, 0.1) is 0 Å². The topological polar surface area (TPSA) is 69.0 Å². The van der Waals surface area contributed by atoms with Crippen LogP contribution in [0.15, 0.2) is 23.2 Å². The Morgan fingerprint density at radius 2 is 2.20 bits per heavy atom. The summed E-state index contributed by atoms with van der Waals surface area (Å²) >= 11 is 3.34. The van der Waals surface area contributed by atoms with Gasteiger partial charge in [0.1, 0.15) is 12.4 Å². The van der Waals surface area contributed by atoms with Gasteiger partial charge in [0.15, 0.2) is 5.82 Å². The molecule has 1 atom stereocenters. The van der Waals surface area contributed by atoms with Gasteiger partial charge < -0.3 is 14.2 Å². The average molecular weight is 339 g/mol. The molecule has 0 bridgehead atoms. The molecule has 1 aliphatic heterocycles. The van der Waals surface area contributed by atoms with Crippen molar-refractivity contribution in [2.45, 2.75) is 19.6 Å². The molecule has 3 rings (SSSR count). The zero-order valence-electron chi connectivity index (χ0n) is 11.1. The van der Waals surface area contributed by atoms with Gasteiger partial charge in [-0.25, -0.2) is 9.97 Å². The number of ether oxygens (including phenoxy) is 1. The number of nitrogens with zero attached hydrogens (tertiary/aromatic N) is 6. The molecular weight excluding hydrogens is 324 g/mol. The van der Waals surface area contributed by atoms with Crippen LogP contribution < -0.4 is 4.90 Å². The van der Waals surface area contributed by atoms with Gasteiger partial charge in [-0.3, -0.25) is 0 Å². The zero-order chi connectivity index (χ0) is 13.9. The quantitative estimate of drug-likeness (QED) is 0.843. The third-order valence-corrected chi connectivity index (χ3v) is 3.64. The molecule has 0 saturated carbocycles. The lowest BCUT2D eigenvalue weighted by atomic mass is 10.2. The van der Waals surface area contributed by atoms with E-state index in [1.807, 2.05) is 4.57 Å². The lowest BCUT2D eigenvalue weighted by molar-refractivity contribution is 0.0311. The first kappa shape index (κ1) is 13.4. The SMILES string of the molecule is CCn1cnnc1C1CN(c2ncc(Br)cn2)CCO1. The molecule has 0 spiro atoms. The molecule has 106 valence electrons. The van der Waals surface area contributed by atoms with Crippen molar-refractivity contribution in [3.8, 4) is 0 Å². The lowest BCUT2D eigenvalue weighted by Crippen LogP contribution is -2.40.